The normalized spacial score (nSPS) is 22.9. The van der Waals surface area contributed by atoms with Crippen molar-refractivity contribution in [2.75, 3.05) is 33.0 Å². The van der Waals surface area contributed by atoms with Crippen molar-refractivity contribution in [3.8, 4) is 16.9 Å². The molecule has 47 heavy (non-hydrogen) atoms. The molecule has 0 aliphatic carbocycles. The summed E-state index contributed by atoms with van der Waals surface area (Å²) in [5, 5.41) is 45.4. The van der Waals surface area contributed by atoms with Crippen molar-refractivity contribution < 1.29 is 58.5 Å². The first-order valence-corrected chi connectivity index (χ1v) is 15.3. The predicted molar refractivity (Wildman–Crippen MR) is 167 cm³/mol. The number of amides is 3. The number of benzene rings is 2. The summed E-state index contributed by atoms with van der Waals surface area (Å²) in [7, 11) is 0. The van der Waals surface area contributed by atoms with Crippen molar-refractivity contribution in [3.05, 3.63) is 54.1 Å². The predicted octanol–water partition coefficient (Wildman–Crippen LogP) is -0.573. The molecule has 8 atom stereocenters. The van der Waals surface area contributed by atoms with Crippen molar-refractivity contribution in [2.24, 2.45) is 5.73 Å². The number of hydrogen-bond donors (Lipinski definition) is 7. The van der Waals surface area contributed by atoms with E-state index in [4.69, 9.17) is 29.4 Å². The van der Waals surface area contributed by atoms with E-state index < -0.39 is 74.2 Å². The van der Waals surface area contributed by atoms with Gasteiger partial charge in [-0.15, -0.1) is 0 Å². The van der Waals surface area contributed by atoms with Crippen LogP contribution in [0.15, 0.2) is 48.5 Å². The maximum atomic E-state index is 12.3. The maximum Gasteiger partial charge on any atom is 0.257 e. The van der Waals surface area contributed by atoms with Crippen molar-refractivity contribution in [1.29, 1.82) is 0 Å². The van der Waals surface area contributed by atoms with Gasteiger partial charge >= 0.3 is 0 Å². The third-order valence-electron chi connectivity index (χ3n) is 7.29. The van der Waals surface area contributed by atoms with E-state index in [-0.39, 0.29) is 25.7 Å². The molecule has 1 fully saturated rings. The Bertz CT molecular complexity index is 1290. The lowest BCUT2D eigenvalue weighted by Crippen LogP contribution is -2.65. The number of rotatable bonds is 18. The molecule has 2 aromatic carbocycles. The molecule has 0 bridgehead atoms. The molecule has 15 heteroatoms. The molecule has 8 N–H and O–H groups in total. The van der Waals surface area contributed by atoms with E-state index in [9.17, 15) is 34.8 Å². The van der Waals surface area contributed by atoms with Gasteiger partial charge in [0.05, 0.1) is 25.9 Å². The first-order chi connectivity index (χ1) is 22.4. The standard InChI is InChI=1S/C32H45N3O12/c1-18(38)25(15-36)45-20(3)46-30-26(16-37)47-32(28(29(30)41)35-19(2)39)43-13-5-12-34-27(40)17-44-24-10-8-21(9-11-24)22-6-4-7-23(14-22)31(33)42/h4,6-11,14,18,20,25-26,28-30,32,36-38,41H,5,12-13,15-17H2,1-3H3,(H2,33,42)(H,34,40)(H,35,39)/t18-,20+,25?,26?,28?,29?,30-,32-/m1/s1. The summed E-state index contributed by atoms with van der Waals surface area (Å²) < 4.78 is 28.4. The van der Waals surface area contributed by atoms with Crippen LogP contribution in [0.2, 0.25) is 0 Å². The summed E-state index contributed by atoms with van der Waals surface area (Å²) in [5.74, 6) is -0.864. The van der Waals surface area contributed by atoms with Gasteiger partial charge in [-0.3, -0.25) is 14.4 Å². The molecule has 1 aliphatic rings. The van der Waals surface area contributed by atoms with Gasteiger partial charge in [-0.1, -0.05) is 24.3 Å². The minimum atomic E-state index is -1.38. The number of aliphatic hydroxyl groups is 4. The second-order valence-corrected chi connectivity index (χ2v) is 11.0. The second-order valence-electron chi connectivity index (χ2n) is 11.0. The van der Waals surface area contributed by atoms with Crippen LogP contribution in [-0.2, 0) is 28.5 Å². The Labute approximate surface area is 272 Å². The zero-order valence-electron chi connectivity index (χ0n) is 26.6. The van der Waals surface area contributed by atoms with Gasteiger partial charge in [-0.2, -0.15) is 0 Å². The zero-order valence-corrected chi connectivity index (χ0v) is 26.6. The summed E-state index contributed by atoms with van der Waals surface area (Å²) in [6.07, 6.45) is -7.34. The average Bonchev–Trinajstić information content (AvgIpc) is 3.05. The summed E-state index contributed by atoms with van der Waals surface area (Å²) in [5.41, 5.74) is 7.42. The van der Waals surface area contributed by atoms with Gasteiger partial charge in [0, 0.05) is 19.0 Å². The third kappa shape index (κ3) is 11.5. The molecule has 1 heterocycles. The van der Waals surface area contributed by atoms with Crippen molar-refractivity contribution in [1.82, 2.24) is 10.6 Å². The van der Waals surface area contributed by atoms with Gasteiger partial charge in [0.15, 0.2) is 19.2 Å². The lowest BCUT2D eigenvalue weighted by Gasteiger charge is -2.44. The van der Waals surface area contributed by atoms with Crippen LogP contribution >= 0.6 is 0 Å². The Morgan fingerprint density at radius 1 is 1.06 bits per heavy atom. The topological polar surface area (TPSA) is 228 Å². The molecule has 0 radical (unpaired) electrons. The number of nitrogens with one attached hydrogen (secondary N) is 2. The number of carbonyl (C=O) groups excluding carboxylic acids is 3. The Hall–Kier alpha value is -3.67. The summed E-state index contributed by atoms with van der Waals surface area (Å²) in [4.78, 5) is 35.6. The SMILES string of the molecule is CC(=O)NC1C(O)[C@H](O[C@@H](C)OC(CO)[C@@H](C)O)C(CO)O[C@H]1OCCCNC(=O)COc1ccc(-c2cccc(C(N)=O)c2)cc1. The minimum Gasteiger partial charge on any atom is -0.484 e. The first kappa shape index (κ1) is 37.8. The monoisotopic (exact) mass is 663 g/mol. The van der Waals surface area contributed by atoms with E-state index >= 15 is 0 Å². The van der Waals surface area contributed by atoms with Gasteiger partial charge in [-0.25, -0.2) is 0 Å². The van der Waals surface area contributed by atoms with Crippen LogP contribution in [0.3, 0.4) is 0 Å². The summed E-state index contributed by atoms with van der Waals surface area (Å²) in [6.45, 7) is 3.25. The quantitative estimate of drug-likeness (QED) is 0.0786. The molecule has 4 unspecified atom stereocenters. The van der Waals surface area contributed by atoms with E-state index in [0.717, 1.165) is 11.1 Å². The zero-order chi connectivity index (χ0) is 34.5. The van der Waals surface area contributed by atoms with Crippen LogP contribution in [0.4, 0.5) is 0 Å². The lowest BCUT2D eigenvalue weighted by molar-refractivity contribution is -0.308. The van der Waals surface area contributed by atoms with Gasteiger partial charge in [0.2, 0.25) is 11.8 Å². The van der Waals surface area contributed by atoms with E-state index in [1.54, 1.807) is 42.5 Å². The highest BCUT2D eigenvalue weighted by molar-refractivity contribution is 5.94. The molecule has 0 aromatic heterocycles. The van der Waals surface area contributed by atoms with E-state index in [1.165, 1.54) is 20.8 Å². The van der Waals surface area contributed by atoms with Crippen LogP contribution in [0, 0.1) is 0 Å². The average molecular weight is 664 g/mol. The minimum absolute atomic E-state index is 0.0722. The highest BCUT2D eigenvalue weighted by Crippen LogP contribution is 2.27. The summed E-state index contributed by atoms with van der Waals surface area (Å²) >= 11 is 0. The van der Waals surface area contributed by atoms with Crippen LogP contribution in [0.5, 0.6) is 5.75 Å². The van der Waals surface area contributed by atoms with Crippen molar-refractivity contribution in [3.63, 3.8) is 0 Å². The number of aliphatic hydroxyl groups excluding tert-OH is 4. The molecule has 0 spiro atoms. The Morgan fingerprint density at radius 3 is 2.40 bits per heavy atom. The lowest BCUT2D eigenvalue weighted by atomic mass is 9.96. The number of primary amides is 1. The Morgan fingerprint density at radius 2 is 1.79 bits per heavy atom. The highest BCUT2D eigenvalue weighted by atomic mass is 16.7. The van der Waals surface area contributed by atoms with Gasteiger partial charge in [0.1, 0.15) is 36.2 Å². The fourth-order valence-electron chi connectivity index (χ4n) is 4.87. The Kier molecular flexibility index (Phi) is 15.0. The number of ether oxygens (including phenoxy) is 5. The largest absolute Gasteiger partial charge is 0.484 e. The van der Waals surface area contributed by atoms with E-state index in [2.05, 4.69) is 10.6 Å². The fourth-order valence-corrected chi connectivity index (χ4v) is 4.87. The molecular weight excluding hydrogens is 618 g/mol. The molecule has 3 rings (SSSR count). The van der Waals surface area contributed by atoms with Crippen molar-refractivity contribution >= 4 is 17.7 Å². The van der Waals surface area contributed by atoms with Gasteiger partial charge < -0.3 is 60.5 Å². The number of nitrogens with two attached hydrogens (primary N) is 1. The smallest absolute Gasteiger partial charge is 0.257 e. The molecule has 0 saturated carbocycles. The van der Waals surface area contributed by atoms with Crippen LogP contribution < -0.4 is 21.1 Å². The molecule has 260 valence electrons. The summed E-state index contributed by atoms with van der Waals surface area (Å²) in [6, 6.07) is 12.9. The van der Waals surface area contributed by atoms with Gasteiger partial charge in [-0.05, 0) is 55.7 Å². The third-order valence-corrected chi connectivity index (χ3v) is 7.29. The number of carbonyl (C=O) groups is 3. The maximum absolute atomic E-state index is 12.3. The van der Waals surface area contributed by atoms with Crippen LogP contribution in [0.1, 0.15) is 37.6 Å². The molecule has 15 nitrogen and oxygen atoms in total. The molecule has 1 aliphatic heterocycles. The van der Waals surface area contributed by atoms with Crippen LogP contribution in [0.25, 0.3) is 11.1 Å². The van der Waals surface area contributed by atoms with Crippen LogP contribution in [-0.4, -0.2) is 120 Å². The molecule has 3 amide bonds. The molecule has 1 saturated heterocycles. The molecule has 2 aromatic rings. The van der Waals surface area contributed by atoms with Gasteiger partial charge in [0.25, 0.3) is 5.91 Å². The van der Waals surface area contributed by atoms with E-state index in [0.29, 0.717) is 17.7 Å². The first-order valence-electron chi connectivity index (χ1n) is 15.3. The fraction of sp³-hybridized carbons (Fsp3) is 0.531. The Balaban J connectivity index is 1.45. The second kappa shape index (κ2) is 18.6. The molecular formula is C32H45N3O12. The van der Waals surface area contributed by atoms with E-state index in [1.807, 2.05) is 6.07 Å². The highest BCUT2D eigenvalue weighted by Gasteiger charge is 2.47. The van der Waals surface area contributed by atoms with Crippen molar-refractivity contribution in [2.45, 2.75) is 76.3 Å². The number of hydrogen-bond acceptors (Lipinski definition) is 12.